The van der Waals surface area contributed by atoms with E-state index in [1.54, 1.807) is 55.8 Å². The van der Waals surface area contributed by atoms with Gasteiger partial charge >= 0.3 is 18.0 Å². The third kappa shape index (κ3) is 26.6. The molecule has 3 aromatic rings. The normalized spacial score (nSPS) is 13.9. The Hall–Kier alpha value is -8.67. The standard InChI is InChI=1S/C60H87F2N11O16S/c1-35(67-56(84)43(68-37(3)75)17-13-14-24-65-59(88)89-27-28-90(7,8)9)53(81)66-36(2)54(82)71-46(31-48(63)76)57(85)70-44(55(83)64-25-22-49(77)69-45(58(86)87)20-21-51(79)80)23-26-73(50(78)34-74)52(60(4,5)6)47-29-39(41-30-40(61)18-19-42(41)62)33-72(47)32-38-15-11-10-12-16-38/h10-12,15-16,18-19,29-30,33,35-36,43-46,52,74H,13-14,17,20-28,31-32,34H2,1-9H3,(H2,63,76)(H,64,83)(H,65,88)(H,66,81)(H,67,84)(H,68,75)(H,69,77)(H,70,85)(H,71,82)(H,79,80)(H,86,87)/t35-,36-,43-,44-,45-,46-,52-/m0/s1. The van der Waals surface area contributed by atoms with Gasteiger partial charge in [-0.15, -0.1) is 0 Å². The lowest BCUT2D eigenvalue weighted by Crippen LogP contribution is -2.59. The minimum atomic E-state index is -1.86. The number of carboxylic acid groups (broad SMARTS) is 2. The fourth-order valence-corrected chi connectivity index (χ4v) is 9.81. The first-order valence-corrected chi connectivity index (χ1v) is 32.1. The summed E-state index contributed by atoms with van der Waals surface area (Å²) in [4.78, 5) is 157. The lowest BCUT2D eigenvalue weighted by Gasteiger charge is -2.41. The van der Waals surface area contributed by atoms with E-state index in [1.807, 2.05) is 12.1 Å². The lowest BCUT2D eigenvalue weighted by molar-refractivity contribution is -0.143. The van der Waals surface area contributed by atoms with Crippen LogP contribution >= 0.6 is 10.0 Å². The van der Waals surface area contributed by atoms with Gasteiger partial charge in [0.05, 0.1) is 12.5 Å². The predicted molar refractivity (Wildman–Crippen MR) is 329 cm³/mol. The molecule has 7 atom stereocenters. The summed E-state index contributed by atoms with van der Waals surface area (Å²) in [6, 6.07) is 3.34. The number of halogens is 2. The molecule has 0 aliphatic rings. The van der Waals surface area contributed by atoms with Gasteiger partial charge < -0.3 is 77.8 Å². The zero-order valence-electron chi connectivity index (χ0n) is 52.2. The van der Waals surface area contributed by atoms with E-state index in [0.29, 0.717) is 18.5 Å². The number of amides is 10. The topological polar surface area (TPSA) is 405 Å². The highest BCUT2D eigenvalue weighted by atomic mass is 32.3. The first-order chi connectivity index (χ1) is 42.1. The van der Waals surface area contributed by atoms with Crippen LogP contribution in [0.1, 0.15) is 110 Å². The minimum Gasteiger partial charge on any atom is -0.481 e. The number of aliphatic hydroxyl groups is 1. The number of benzene rings is 2. The van der Waals surface area contributed by atoms with Crippen LogP contribution < -0.4 is 48.3 Å². The number of nitrogens with one attached hydrogen (secondary N) is 8. The number of nitrogens with zero attached hydrogens (tertiary/aromatic N) is 2. The number of aliphatic carboxylic acids is 2. The van der Waals surface area contributed by atoms with Gasteiger partial charge in [0.1, 0.15) is 61.1 Å². The van der Waals surface area contributed by atoms with Crippen LogP contribution in [0.4, 0.5) is 13.6 Å². The number of hydrogen-bond acceptors (Lipinski definition) is 14. The first kappa shape index (κ1) is 75.6. The molecule has 0 spiro atoms. The van der Waals surface area contributed by atoms with Crippen molar-refractivity contribution in [3.8, 4) is 11.1 Å². The summed E-state index contributed by atoms with van der Waals surface area (Å²) < 4.78 is 37.1. The van der Waals surface area contributed by atoms with Crippen LogP contribution in [0.15, 0.2) is 60.8 Å². The van der Waals surface area contributed by atoms with Crippen LogP contribution in [0.3, 0.4) is 0 Å². The van der Waals surface area contributed by atoms with Crippen LogP contribution in [-0.2, 0) is 64.0 Å². The molecule has 498 valence electrons. The van der Waals surface area contributed by atoms with E-state index in [9.17, 15) is 72.1 Å². The quantitative estimate of drug-likeness (QED) is 0.0365. The summed E-state index contributed by atoms with van der Waals surface area (Å²) in [5, 5.41) is 48.6. The van der Waals surface area contributed by atoms with Gasteiger partial charge in [-0.2, -0.15) is 0 Å². The summed E-state index contributed by atoms with van der Waals surface area (Å²) in [6.45, 7) is 7.55. The molecule has 1 heterocycles. The summed E-state index contributed by atoms with van der Waals surface area (Å²) in [6.07, 6.45) is 5.11. The Balaban J connectivity index is 1.93. The third-order valence-corrected chi connectivity index (χ3v) is 15.2. The van der Waals surface area contributed by atoms with Crippen LogP contribution in [0, 0.1) is 17.0 Å². The van der Waals surface area contributed by atoms with Crippen molar-refractivity contribution in [1.82, 2.24) is 52.0 Å². The summed E-state index contributed by atoms with van der Waals surface area (Å²) in [7, 11) is -0.862. The molecule has 27 nitrogen and oxygen atoms in total. The van der Waals surface area contributed by atoms with Gasteiger partial charge in [0.15, 0.2) is 0 Å². The van der Waals surface area contributed by atoms with Crippen LogP contribution in [0.5, 0.6) is 0 Å². The third-order valence-electron chi connectivity index (χ3n) is 13.8. The number of aromatic nitrogens is 1. The van der Waals surface area contributed by atoms with Crippen molar-refractivity contribution >= 4 is 81.2 Å². The molecule has 0 saturated carbocycles. The molecule has 0 unspecified atom stereocenters. The van der Waals surface area contributed by atoms with Gasteiger partial charge in [0.25, 0.3) is 0 Å². The Morgan fingerprint density at radius 1 is 0.700 bits per heavy atom. The number of hydrogen-bond donors (Lipinski definition) is 12. The molecule has 0 aliphatic carbocycles. The van der Waals surface area contributed by atoms with Gasteiger partial charge in [-0.3, -0.25) is 47.9 Å². The van der Waals surface area contributed by atoms with Crippen molar-refractivity contribution in [3.05, 3.63) is 83.7 Å². The molecule has 1 aromatic heterocycles. The van der Waals surface area contributed by atoms with E-state index in [0.717, 1.165) is 29.5 Å². The van der Waals surface area contributed by atoms with E-state index < -0.39 is 192 Å². The number of primary amides is 1. The SMILES string of the molecule is CC(=O)N[C@@H](CCCCNC(=O)OCCS(C)(C)C)C(=O)N[C@@H](C)C(=O)N[C@@H](C)C(=O)N[C@@H](CC(N)=O)C(=O)N[C@@H](CCN(C(=O)CO)[C@@H](c1cc(-c2cc(F)ccc2F)cn1Cc1ccccc1)C(C)(C)C)C(=O)NCCC(=O)N[C@@H](CCC(=O)O)C(=O)O. The Bertz CT molecular complexity index is 3010. The maximum Gasteiger partial charge on any atom is 0.407 e. The number of nitrogens with two attached hydrogens (primary N) is 1. The molecule has 0 saturated heterocycles. The second-order valence-corrected chi connectivity index (χ2v) is 28.1. The first-order valence-electron chi connectivity index (χ1n) is 29.1. The van der Waals surface area contributed by atoms with E-state index in [4.69, 9.17) is 15.6 Å². The van der Waals surface area contributed by atoms with E-state index in [1.165, 1.54) is 25.7 Å². The number of carbonyl (C=O) groups excluding carboxylic acids is 10. The fraction of sp³-hybridized carbons (Fsp3) is 0.533. The maximum atomic E-state index is 15.5. The molecule has 30 heteroatoms. The van der Waals surface area contributed by atoms with Crippen LogP contribution in [0.2, 0.25) is 0 Å². The van der Waals surface area contributed by atoms with Crippen molar-refractivity contribution in [1.29, 1.82) is 0 Å². The van der Waals surface area contributed by atoms with Gasteiger partial charge in [0, 0.05) is 74.7 Å². The number of aliphatic hydroxyl groups excluding tert-OH is 1. The lowest BCUT2D eigenvalue weighted by atomic mass is 9.82. The van der Waals surface area contributed by atoms with Crippen LogP contribution in [-0.4, -0.2) is 190 Å². The Kier molecular flexibility index (Phi) is 30.3. The summed E-state index contributed by atoms with van der Waals surface area (Å²) in [5.74, 6) is -12.0. The molecule has 2 aromatic carbocycles. The fourth-order valence-electron chi connectivity index (χ4n) is 9.23. The molecule has 10 amide bonds. The summed E-state index contributed by atoms with van der Waals surface area (Å²) in [5.41, 5.74) is 5.82. The second kappa shape index (κ2) is 36.1. The molecule has 0 aliphatic heterocycles. The van der Waals surface area contributed by atoms with E-state index in [-0.39, 0.29) is 37.2 Å². The number of alkyl carbamates (subject to hydrolysis) is 1. The number of carboxylic acids is 2. The molecule has 3 rings (SSSR count). The van der Waals surface area contributed by atoms with E-state index in [2.05, 4.69) is 61.3 Å². The van der Waals surface area contributed by atoms with Crippen molar-refractivity contribution in [2.24, 2.45) is 11.1 Å². The molecule has 0 radical (unpaired) electrons. The van der Waals surface area contributed by atoms with Crippen LogP contribution in [0.25, 0.3) is 11.1 Å². The average Bonchev–Trinajstić information content (AvgIpc) is 1.63. The Labute approximate surface area is 522 Å². The average molecular weight is 1290 g/mol. The Morgan fingerprint density at radius 2 is 1.31 bits per heavy atom. The number of ether oxygens (including phenoxy) is 1. The zero-order chi connectivity index (χ0) is 67.6. The Morgan fingerprint density at radius 3 is 1.90 bits per heavy atom. The number of rotatable bonds is 37. The highest BCUT2D eigenvalue weighted by Crippen LogP contribution is 2.41. The van der Waals surface area contributed by atoms with Gasteiger partial charge in [-0.25, -0.2) is 28.4 Å². The molecule has 90 heavy (non-hydrogen) atoms. The minimum absolute atomic E-state index is 0.106. The number of unbranched alkanes of at least 4 members (excludes halogenated alkanes) is 1. The van der Waals surface area contributed by atoms with Crippen molar-refractivity contribution < 1.29 is 86.4 Å². The second-order valence-electron chi connectivity index (χ2n) is 23.5. The molecule has 0 fully saturated rings. The monoisotopic (exact) mass is 1290 g/mol. The van der Waals surface area contributed by atoms with Crippen molar-refractivity contribution in [2.75, 3.05) is 57.4 Å². The largest absolute Gasteiger partial charge is 0.481 e. The van der Waals surface area contributed by atoms with Gasteiger partial charge in [-0.1, -0.05) is 51.1 Å². The zero-order valence-corrected chi connectivity index (χ0v) is 53.0. The maximum absolute atomic E-state index is 15.5. The highest BCUT2D eigenvalue weighted by Gasteiger charge is 2.39. The summed E-state index contributed by atoms with van der Waals surface area (Å²) >= 11 is 0. The van der Waals surface area contributed by atoms with Gasteiger partial charge in [0.2, 0.25) is 53.2 Å². The molecular weight excluding hydrogens is 1200 g/mol. The smallest absolute Gasteiger partial charge is 0.407 e. The van der Waals surface area contributed by atoms with Gasteiger partial charge in [-0.05, 0) is 100.0 Å². The predicted octanol–water partition coefficient (Wildman–Crippen LogP) is 1.67. The molecule has 0 bridgehead atoms. The number of carbonyl (C=O) groups is 12. The van der Waals surface area contributed by atoms with Crippen molar-refractivity contribution in [2.45, 2.75) is 142 Å². The molecular formula is C60H87F2N11O16S. The molecule has 13 N–H and O–H groups in total. The van der Waals surface area contributed by atoms with Crippen molar-refractivity contribution in [3.63, 3.8) is 0 Å². The highest BCUT2D eigenvalue weighted by molar-refractivity contribution is 8.32. The van der Waals surface area contributed by atoms with E-state index >= 15 is 4.39 Å².